The highest BCUT2D eigenvalue weighted by molar-refractivity contribution is 6.53. The van der Waals surface area contributed by atoms with E-state index in [2.05, 4.69) is 20.5 Å². The van der Waals surface area contributed by atoms with E-state index < -0.39 is 0 Å². The van der Waals surface area contributed by atoms with Crippen LogP contribution in [0.15, 0.2) is 24.5 Å². The van der Waals surface area contributed by atoms with Gasteiger partial charge in [-0.2, -0.15) is 5.10 Å². The van der Waals surface area contributed by atoms with Gasteiger partial charge in [-0.1, -0.05) is 23.2 Å². The molecule has 1 aliphatic rings. The highest BCUT2D eigenvalue weighted by atomic mass is 35.5. The molecule has 0 aromatic carbocycles. The monoisotopic (exact) mass is 266 g/mol. The molecule has 0 fully saturated rings. The van der Waals surface area contributed by atoms with E-state index in [1.807, 2.05) is 6.07 Å². The van der Waals surface area contributed by atoms with Crippen molar-refractivity contribution < 1.29 is 0 Å². The first-order valence-electron chi connectivity index (χ1n) is 5.04. The Kier molecular flexibility index (Phi) is 2.53. The molecule has 3 rings (SSSR count). The van der Waals surface area contributed by atoms with Crippen molar-refractivity contribution >= 4 is 39.5 Å². The lowest BCUT2D eigenvalue weighted by Crippen LogP contribution is -2.12. The maximum Gasteiger partial charge on any atom is 0.129 e. The average molecular weight is 267 g/mol. The number of hydrogen-bond acceptors (Lipinski definition) is 3. The van der Waals surface area contributed by atoms with Crippen LogP contribution < -0.4 is 5.32 Å². The number of H-pyrrole nitrogens is 1. The fourth-order valence-corrected chi connectivity index (χ4v) is 2.26. The average Bonchev–Trinajstić information content (AvgIpc) is 2.84. The molecule has 0 atom stereocenters. The van der Waals surface area contributed by atoms with Crippen molar-refractivity contribution in [2.75, 3.05) is 11.9 Å². The fraction of sp³-hybridized carbons (Fsp3) is 0.0909. The summed E-state index contributed by atoms with van der Waals surface area (Å²) in [7, 11) is 0. The Morgan fingerprint density at radius 1 is 1.24 bits per heavy atom. The van der Waals surface area contributed by atoms with Gasteiger partial charge in [0.25, 0.3) is 0 Å². The molecule has 0 amide bonds. The number of nitrogens with one attached hydrogen (secondary N) is 2. The lowest BCUT2D eigenvalue weighted by atomic mass is 10.0. The van der Waals surface area contributed by atoms with Gasteiger partial charge in [0.15, 0.2) is 0 Å². The first-order chi connectivity index (χ1) is 8.25. The van der Waals surface area contributed by atoms with E-state index in [0.29, 0.717) is 22.4 Å². The van der Waals surface area contributed by atoms with Gasteiger partial charge in [0.2, 0.25) is 0 Å². The van der Waals surface area contributed by atoms with Crippen molar-refractivity contribution in [2.45, 2.75) is 0 Å². The van der Waals surface area contributed by atoms with Crippen LogP contribution in [0.5, 0.6) is 0 Å². The summed E-state index contributed by atoms with van der Waals surface area (Å²) in [5.41, 5.74) is 3.49. The molecule has 2 aromatic rings. The third-order valence-electron chi connectivity index (χ3n) is 2.64. The zero-order chi connectivity index (χ0) is 11.8. The van der Waals surface area contributed by atoms with Gasteiger partial charge in [0, 0.05) is 23.9 Å². The number of hydrogen-bond donors (Lipinski definition) is 2. The number of aromatic nitrogens is 3. The zero-order valence-corrected chi connectivity index (χ0v) is 10.2. The number of anilines is 1. The van der Waals surface area contributed by atoms with E-state index in [4.69, 9.17) is 23.2 Å². The smallest absolute Gasteiger partial charge is 0.129 e. The van der Waals surface area contributed by atoms with Gasteiger partial charge in [-0.15, -0.1) is 0 Å². The summed E-state index contributed by atoms with van der Waals surface area (Å²) in [6.07, 6.45) is 3.53. The Morgan fingerprint density at radius 3 is 2.88 bits per heavy atom. The van der Waals surface area contributed by atoms with Gasteiger partial charge in [-0.05, 0) is 12.1 Å². The third kappa shape index (κ3) is 1.79. The number of fused-ring (bicyclic) bond motifs is 1. The number of aromatic amines is 1. The topological polar surface area (TPSA) is 53.6 Å². The van der Waals surface area contributed by atoms with Crippen LogP contribution in [0, 0.1) is 0 Å². The quantitative estimate of drug-likeness (QED) is 0.781. The van der Waals surface area contributed by atoms with Crippen molar-refractivity contribution in [2.24, 2.45) is 0 Å². The van der Waals surface area contributed by atoms with Gasteiger partial charge in [-0.25, -0.2) is 4.98 Å². The molecule has 17 heavy (non-hydrogen) atoms. The molecule has 0 aliphatic carbocycles. The molecular weight excluding hydrogens is 259 g/mol. The Hall–Kier alpha value is -1.52. The molecule has 1 aliphatic heterocycles. The Bertz CT molecular complexity index is 590. The molecule has 2 aromatic heterocycles. The van der Waals surface area contributed by atoms with Crippen molar-refractivity contribution in [1.82, 2.24) is 15.2 Å². The number of rotatable bonds is 1. The van der Waals surface area contributed by atoms with Gasteiger partial charge in [-0.3, -0.25) is 5.10 Å². The van der Waals surface area contributed by atoms with E-state index in [1.165, 1.54) is 0 Å². The summed E-state index contributed by atoms with van der Waals surface area (Å²) in [5, 5.41) is 11.0. The van der Waals surface area contributed by atoms with E-state index in [1.54, 1.807) is 18.5 Å². The van der Waals surface area contributed by atoms with Crippen LogP contribution in [0.2, 0.25) is 5.15 Å². The van der Waals surface area contributed by atoms with Crippen LogP contribution in [0.25, 0.3) is 10.6 Å². The van der Waals surface area contributed by atoms with Crippen LogP contribution in [0.1, 0.15) is 11.3 Å². The summed E-state index contributed by atoms with van der Waals surface area (Å²) in [6, 6.07) is 3.61. The van der Waals surface area contributed by atoms with Gasteiger partial charge < -0.3 is 5.32 Å². The molecule has 0 unspecified atom stereocenters. The summed E-state index contributed by atoms with van der Waals surface area (Å²) in [6.45, 7) is 0.647. The minimum absolute atomic E-state index is 0.428. The van der Waals surface area contributed by atoms with Crippen LogP contribution in [-0.4, -0.2) is 21.7 Å². The van der Waals surface area contributed by atoms with E-state index in [0.717, 1.165) is 16.8 Å². The second-order valence-corrected chi connectivity index (χ2v) is 4.43. The largest absolute Gasteiger partial charge is 0.379 e. The first kappa shape index (κ1) is 10.6. The molecule has 0 bridgehead atoms. The van der Waals surface area contributed by atoms with Crippen LogP contribution in [0.3, 0.4) is 0 Å². The van der Waals surface area contributed by atoms with E-state index in [-0.39, 0.29) is 0 Å². The minimum atomic E-state index is 0.428. The highest BCUT2D eigenvalue weighted by Crippen LogP contribution is 2.36. The fourth-order valence-electron chi connectivity index (χ4n) is 1.79. The van der Waals surface area contributed by atoms with E-state index >= 15 is 0 Å². The van der Waals surface area contributed by atoms with Gasteiger partial charge in [0.1, 0.15) is 10.8 Å². The molecule has 86 valence electrons. The lowest BCUT2D eigenvalue weighted by molar-refractivity contribution is 1.09. The molecule has 0 spiro atoms. The lowest BCUT2D eigenvalue weighted by Gasteiger charge is -2.20. The van der Waals surface area contributed by atoms with Gasteiger partial charge in [0.05, 0.1) is 16.9 Å². The zero-order valence-electron chi connectivity index (χ0n) is 8.67. The Labute approximate surface area is 108 Å². The molecule has 4 nitrogen and oxygen atoms in total. The Balaban J connectivity index is 2.16. The first-order valence-corrected chi connectivity index (χ1v) is 5.80. The summed E-state index contributed by atoms with van der Waals surface area (Å²) in [5.74, 6) is 0. The predicted molar refractivity (Wildman–Crippen MR) is 69.0 cm³/mol. The second-order valence-electron chi connectivity index (χ2n) is 3.66. The Morgan fingerprint density at radius 2 is 2.12 bits per heavy atom. The molecule has 3 heterocycles. The standard InChI is InChI=1S/C11H8Cl2N4/c12-9-2-1-8-11(17-9)10(13)7(5-14-8)6-3-15-16-4-6/h1-4,14H,5H2,(H,15,16). The molecular formula is C11H8Cl2N4. The number of nitrogens with zero attached hydrogens (tertiary/aromatic N) is 2. The van der Waals surface area contributed by atoms with Crippen LogP contribution >= 0.6 is 23.2 Å². The normalized spacial score (nSPS) is 14.5. The third-order valence-corrected chi connectivity index (χ3v) is 3.25. The second kappa shape index (κ2) is 4.05. The van der Waals surface area contributed by atoms with Crippen molar-refractivity contribution in [3.8, 4) is 0 Å². The minimum Gasteiger partial charge on any atom is -0.379 e. The summed E-state index contributed by atoms with van der Waals surface area (Å²) in [4.78, 5) is 4.24. The SMILES string of the molecule is ClC1=C(c2cn[nH]c2)CNc2ccc(Cl)nc21. The van der Waals surface area contributed by atoms with Crippen molar-refractivity contribution in [3.63, 3.8) is 0 Å². The maximum atomic E-state index is 6.35. The maximum absolute atomic E-state index is 6.35. The molecule has 2 N–H and O–H groups in total. The van der Waals surface area contributed by atoms with Crippen LogP contribution in [0.4, 0.5) is 5.69 Å². The molecule has 0 radical (unpaired) electrons. The van der Waals surface area contributed by atoms with Crippen molar-refractivity contribution in [1.29, 1.82) is 0 Å². The molecule has 0 saturated carbocycles. The highest BCUT2D eigenvalue weighted by Gasteiger charge is 2.20. The van der Waals surface area contributed by atoms with E-state index in [9.17, 15) is 0 Å². The summed E-state index contributed by atoms with van der Waals surface area (Å²) < 4.78 is 0. The van der Waals surface area contributed by atoms with Crippen molar-refractivity contribution in [3.05, 3.63) is 40.9 Å². The summed E-state index contributed by atoms with van der Waals surface area (Å²) >= 11 is 12.2. The van der Waals surface area contributed by atoms with Gasteiger partial charge >= 0.3 is 0 Å². The molecule has 0 saturated heterocycles. The number of pyridine rings is 1. The predicted octanol–water partition coefficient (Wildman–Crippen LogP) is 2.99. The van der Waals surface area contributed by atoms with Crippen LogP contribution in [-0.2, 0) is 0 Å². The number of halogens is 2. The molecule has 6 heteroatoms.